The Bertz CT molecular complexity index is 426. The van der Waals surface area contributed by atoms with Crippen LogP contribution in [0.1, 0.15) is 37.3 Å². The third-order valence-corrected chi connectivity index (χ3v) is 3.03. The van der Waals surface area contributed by atoms with Crippen LogP contribution >= 0.6 is 0 Å². The molecule has 2 N–H and O–H groups in total. The Hall–Kier alpha value is -1.84. The summed E-state index contributed by atoms with van der Waals surface area (Å²) >= 11 is 0. The van der Waals surface area contributed by atoms with Gasteiger partial charge in [-0.1, -0.05) is 36.8 Å². The molecule has 0 unspecified atom stereocenters. The van der Waals surface area contributed by atoms with Gasteiger partial charge in [0.2, 0.25) is 5.91 Å². The van der Waals surface area contributed by atoms with Crippen LogP contribution in [0.2, 0.25) is 0 Å². The molecule has 0 aliphatic heterocycles. The number of carbonyl (C=O) groups excluding carboxylic acids is 1. The largest absolute Gasteiger partial charge is 0.480 e. The maximum atomic E-state index is 11.6. The fourth-order valence-electron chi connectivity index (χ4n) is 1.81. The lowest BCUT2D eigenvalue weighted by Gasteiger charge is -2.12. The average molecular weight is 263 g/mol. The lowest BCUT2D eigenvalue weighted by atomic mass is 10.1. The number of hydrogen-bond acceptors (Lipinski definition) is 2. The molecule has 0 heterocycles. The van der Waals surface area contributed by atoms with Crippen LogP contribution in [-0.2, 0) is 16.0 Å². The Morgan fingerprint density at radius 3 is 2.42 bits per heavy atom. The maximum Gasteiger partial charge on any atom is 0.326 e. The van der Waals surface area contributed by atoms with Crippen LogP contribution in [0.5, 0.6) is 0 Å². The van der Waals surface area contributed by atoms with Gasteiger partial charge < -0.3 is 10.4 Å². The zero-order chi connectivity index (χ0) is 14.3. The molecule has 0 aromatic heterocycles. The molecule has 4 nitrogen and oxygen atoms in total. The summed E-state index contributed by atoms with van der Waals surface area (Å²) in [7, 11) is 0. The normalized spacial score (nSPS) is 11.9. The summed E-state index contributed by atoms with van der Waals surface area (Å²) in [6.07, 6.45) is 2.32. The molecule has 0 spiro atoms. The van der Waals surface area contributed by atoms with E-state index in [4.69, 9.17) is 5.11 Å². The van der Waals surface area contributed by atoms with Gasteiger partial charge in [0.1, 0.15) is 6.04 Å². The van der Waals surface area contributed by atoms with Gasteiger partial charge in [-0.3, -0.25) is 4.79 Å². The highest BCUT2D eigenvalue weighted by molar-refractivity contribution is 5.83. The Balaban J connectivity index is 2.30. The summed E-state index contributed by atoms with van der Waals surface area (Å²) in [5, 5.41) is 11.4. The summed E-state index contributed by atoms with van der Waals surface area (Å²) in [5.74, 6) is -1.17. The van der Waals surface area contributed by atoms with E-state index in [1.165, 1.54) is 11.1 Å². The standard InChI is InChI=1S/C15H21NO3/c1-3-13(15(18)19)16-14(17)6-4-5-12-9-7-11(2)8-10-12/h7-10,13H,3-6H2,1-2H3,(H,16,17)(H,18,19)/t13-/m0/s1. The first-order valence-electron chi connectivity index (χ1n) is 6.60. The van der Waals surface area contributed by atoms with Crippen molar-refractivity contribution in [1.29, 1.82) is 0 Å². The number of benzene rings is 1. The highest BCUT2D eigenvalue weighted by Gasteiger charge is 2.16. The zero-order valence-corrected chi connectivity index (χ0v) is 11.5. The Morgan fingerprint density at radius 1 is 1.26 bits per heavy atom. The molecule has 1 aromatic carbocycles. The molecule has 0 aliphatic carbocycles. The van der Waals surface area contributed by atoms with Crippen molar-refractivity contribution < 1.29 is 14.7 Å². The summed E-state index contributed by atoms with van der Waals surface area (Å²) < 4.78 is 0. The number of amides is 1. The lowest BCUT2D eigenvalue weighted by Crippen LogP contribution is -2.40. The van der Waals surface area contributed by atoms with Gasteiger partial charge in [0.05, 0.1) is 0 Å². The van der Waals surface area contributed by atoms with Crippen LogP contribution in [0.4, 0.5) is 0 Å². The topological polar surface area (TPSA) is 66.4 Å². The molecule has 19 heavy (non-hydrogen) atoms. The number of carbonyl (C=O) groups is 2. The first kappa shape index (κ1) is 15.2. The van der Waals surface area contributed by atoms with Crippen LogP contribution in [0.15, 0.2) is 24.3 Å². The average Bonchev–Trinajstić information content (AvgIpc) is 2.38. The second-order valence-electron chi connectivity index (χ2n) is 4.71. The van der Waals surface area contributed by atoms with Gasteiger partial charge in [0, 0.05) is 6.42 Å². The van der Waals surface area contributed by atoms with E-state index in [2.05, 4.69) is 17.4 Å². The van der Waals surface area contributed by atoms with E-state index >= 15 is 0 Å². The second-order valence-corrected chi connectivity index (χ2v) is 4.71. The maximum absolute atomic E-state index is 11.6. The third-order valence-electron chi connectivity index (χ3n) is 3.03. The van der Waals surface area contributed by atoms with E-state index in [1.54, 1.807) is 6.92 Å². The molecular formula is C15H21NO3. The summed E-state index contributed by atoms with van der Waals surface area (Å²) in [5.41, 5.74) is 2.41. The van der Waals surface area contributed by atoms with Crippen LogP contribution in [-0.4, -0.2) is 23.0 Å². The number of nitrogens with one attached hydrogen (secondary N) is 1. The van der Waals surface area contributed by atoms with Crippen molar-refractivity contribution in [2.45, 2.75) is 45.6 Å². The fourth-order valence-corrected chi connectivity index (χ4v) is 1.81. The lowest BCUT2D eigenvalue weighted by molar-refractivity contribution is -0.141. The zero-order valence-electron chi connectivity index (χ0n) is 11.5. The molecular weight excluding hydrogens is 242 g/mol. The molecule has 104 valence electrons. The smallest absolute Gasteiger partial charge is 0.326 e. The molecule has 0 fully saturated rings. The van der Waals surface area contributed by atoms with Crippen molar-refractivity contribution in [2.24, 2.45) is 0 Å². The molecule has 0 saturated carbocycles. The number of rotatable bonds is 7. The summed E-state index contributed by atoms with van der Waals surface area (Å²) in [4.78, 5) is 22.4. The van der Waals surface area contributed by atoms with Crippen molar-refractivity contribution >= 4 is 11.9 Å². The van der Waals surface area contributed by atoms with E-state index in [1.807, 2.05) is 19.1 Å². The van der Waals surface area contributed by atoms with E-state index in [-0.39, 0.29) is 5.91 Å². The van der Waals surface area contributed by atoms with E-state index < -0.39 is 12.0 Å². The van der Waals surface area contributed by atoms with Crippen LogP contribution < -0.4 is 5.32 Å². The first-order chi connectivity index (χ1) is 9.02. The van der Waals surface area contributed by atoms with Crippen molar-refractivity contribution in [3.63, 3.8) is 0 Å². The fraction of sp³-hybridized carbons (Fsp3) is 0.467. The molecule has 1 amide bonds. The minimum atomic E-state index is -0.977. The van der Waals surface area contributed by atoms with Crippen LogP contribution in [0.3, 0.4) is 0 Å². The van der Waals surface area contributed by atoms with Crippen molar-refractivity contribution in [2.75, 3.05) is 0 Å². The Kier molecular flexibility index (Phi) is 6.06. The number of hydrogen-bond donors (Lipinski definition) is 2. The van der Waals surface area contributed by atoms with Crippen molar-refractivity contribution in [1.82, 2.24) is 5.32 Å². The van der Waals surface area contributed by atoms with Crippen LogP contribution in [0, 0.1) is 6.92 Å². The first-order valence-corrected chi connectivity index (χ1v) is 6.60. The van der Waals surface area contributed by atoms with Crippen molar-refractivity contribution in [3.05, 3.63) is 35.4 Å². The van der Waals surface area contributed by atoms with Gasteiger partial charge in [-0.25, -0.2) is 4.79 Å². The molecule has 0 saturated heterocycles. The van der Waals surface area contributed by atoms with Gasteiger partial charge in [-0.05, 0) is 31.7 Å². The molecule has 1 atom stereocenters. The highest BCUT2D eigenvalue weighted by Crippen LogP contribution is 2.07. The highest BCUT2D eigenvalue weighted by atomic mass is 16.4. The minimum Gasteiger partial charge on any atom is -0.480 e. The quantitative estimate of drug-likeness (QED) is 0.793. The van der Waals surface area contributed by atoms with E-state index in [9.17, 15) is 9.59 Å². The molecule has 0 aliphatic rings. The Morgan fingerprint density at radius 2 is 1.89 bits per heavy atom. The van der Waals surface area contributed by atoms with Gasteiger partial charge >= 0.3 is 5.97 Å². The number of aryl methyl sites for hydroxylation is 2. The third kappa shape index (κ3) is 5.55. The van der Waals surface area contributed by atoms with Crippen molar-refractivity contribution in [3.8, 4) is 0 Å². The summed E-state index contributed by atoms with van der Waals surface area (Å²) in [6.45, 7) is 3.78. The molecule has 0 radical (unpaired) electrons. The molecule has 0 bridgehead atoms. The minimum absolute atomic E-state index is 0.193. The predicted octanol–water partition coefficient (Wildman–Crippen LogP) is 2.30. The number of carboxylic acid groups (broad SMARTS) is 1. The number of aliphatic carboxylic acids is 1. The van der Waals surface area contributed by atoms with Gasteiger partial charge in [0.15, 0.2) is 0 Å². The monoisotopic (exact) mass is 263 g/mol. The van der Waals surface area contributed by atoms with Crippen LogP contribution in [0.25, 0.3) is 0 Å². The van der Waals surface area contributed by atoms with E-state index in [0.29, 0.717) is 12.8 Å². The van der Waals surface area contributed by atoms with Gasteiger partial charge in [-0.15, -0.1) is 0 Å². The van der Waals surface area contributed by atoms with Gasteiger partial charge in [0.25, 0.3) is 0 Å². The molecule has 1 rings (SSSR count). The van der Waals surface area contributed by atoms with E-state index in [0.717, 1.165) is 12.8 Å². The molecule has 1 aromatic rings. The molecule has 4 heteroatoms. The SMILES string of the molecule is CC[C@H](NC(=O)CCCc1ccc(C)cc1)C(=O)O. The number of carboxylic acids is 1. The summed E-state index contributed by atoms with van der Waals surface area (Å²) in [6, 6.07) is 7.44. The Labute approximate surface area is 113 Å². The van der Waals surface area contributed by atoms with Gasteiger partial charge in [-0.2, -0.15) is 0 Å². The second kappa shape index (κ2) is 7.56. The predicted molar refractivity (Wildman–Crippen MR) is 74.0 cm³/mol.